The van der Waals surface area contributed by atoms with Gasteiger partial charge in [-0.2, -0.15) is 0 Å². The molecule has 0 spiro atoms. The summed E-state index contributed by atoms with van der Waals surface area (Å²) in [7, 11) is 1.93. The molecule has 0 aliphatic heterocycles. The summed E-state index contributed by atoms with van der Waals surface area (Å²) in [6, 6.07) is 21.8. The second-order valence-electron chi connectivity index (χ2n) is 7.49. The van der Waals surface area contributed by atoms with Crippen LogP contribution in [0.5, 0.6) is 23.0 Å². The van der Waals surface area contributed by atoms with Crippen molar-refractivity contribution in [3.05, 3.63) is 77.9 Å². The maximum absolute atomic E-state index is 11.1. The Morgan fingerprint density at radius 1 is 0.645 bits per heavy atom. The summed E-state index contributed by atoms with van der Waals surface area (Å²) in [5, 5.41) is 26.8. The molecule has 4 rings (SSSR count). The summed E-state index contributed by atoms with van der Waals surface area (Å²) >= 11 is 0. The van der Waals surface area contributed by atoms with Gasteiger partial charge in [0, 0.05) is 10.6 Å². The molecular weight excluding hydrogens is 407 g/mol. The number of methoxy groups -OCH3 is 2. The molecule has 0 aliphatic rings. The van der Waals surface area contributed by atoms with Gasteiger partial charge in [-0.05, 0) is 79.3 Å². The summed E-state index contributed by atoms with van der Waals surface area (Å²) in [5.74, 6) is 1.75. The van der Waals surface area contributed by atoms with Gasteiger partial charge in [0.05, 0.1) is 14.2 Å². The molecule has 0 saturated heterocycles. The average Bonchev–Trinajstić information content (AvgIpc) is 2.79. The van der Waals surface area contributed by atoms with Gasteiger partial charge in [-0.15, -0.1) is 0 Å². The molecule has 0 radical (unpaired) electrons. The molecule has 31 heavy (non-hydrogen) atoms. The number of phenols is 2. The number of hydrogen-bond donors (Lipinski definition) is 2. The highest BCUT2D eigenvalue weighted by Crippen LogP contribution is 2.43. The molecular formula is C26H25O4P. The Morgan fingerprint density at radius 2 is 1.16 bits per heavy atom. The molecule has 2 N–H and O–H groups in total. The van der Waals surface area contributed by atoms with Gasteiger partial charge in [-0.1, -0.05) is 36.4 Å². The van der Waals surface area contributed by atoms with Gasteiger partial charge < -0.3 is 19.7 Å². The van der Waals surface area contributed by atoms with Crippen molar-refractivity contribution in [2.75, 3.05) is 14.2 Å². The van der Waals surface area contributed by atoms with Gasteiger partial charge >= 0.3 is 0 Å². The molecule has 0 heterocycles. The number of benzene rings is 4. The van der Waals surface area contributed by atoms with E-state index in [1.807, 2.05) is 50.2 Å². The Bertz CT molecular complexity index is 1210. The minimum Gasteiger partial charge on any atom is -0.507 e. The Kier molecular flexibility index (Phi) is 5.75. The zero-order valence-corrected chi connectivity index (χ0v) is 18.9. The third-order valence-electron chi connectivity index (χ3n) is 5.45. The van der Waals surface area contributed by atoms with Crippen LogP contribution in [0, 0.1) is 13.8 Å². The highest BCUT2D eigenvalue weighted by atomic mass is 31.1. The molecule has 0 bridgehead atoms. The minimum absolute atomic E-state index is 0.208. The fraction of sp³-hybridized carbons (Fsp3) is 0.154. The highest BCUT2D eigenvalue weighted by molar-refractivity contribution is 7.80. The first-order valence-electron chi connectivity index (χ1n) is 9.97. The predicted molar refractivity (Wildman–Crippen MR) is 129 cm³/mol. The van der Waals surface area contributed by atoms with E-state index in [1.165, 1.54) is 0 Å². The van der Waals surface area contributed by atoms with E-state index in [-0.39, 0.29) is 11.5 Å². The van der Waals surface area contributed by atoms with Gasteiger partial charge in [0.15, 0.2) is 0 Å². The summed E-state index contributed by atoms with van der Waals surface area (Å²) in [6.07, 6.45) is 0. The van der Waals surface area contributed by atoms with Crippen molar-refractivity contribution in [3.63, 3.8) is 0 Å². The highest BCUT2D eigenvalue weighted by Gasteiger charge is 2.26. The largest absolute Gasteiger partial charge is 0.507 e. The second kappa shape index (κ2) is 8.49. The van der Waals surface area contributed by atoms with Crippen LogP contribution in [0.25, 0.3) is 10.8 Å². The topological polar surface area (TPSA) is 58.9 Å². The molecule has 0 aliphatic carbocycles. The number of hydrogen-bond acceptors (Lipinski definition) is 4. The van der Waals surface area contributed by atoms with Crippen molar-refractivity contribution < 1.29 is 19.7 Å². The smallest absolute Gasteiger partial charge is 0.127 e. The van der Waals surface area contributed by atoms with Gasteiger partial charge in [-0.25, -0.2) is 0 Å². The number of rotatable bonds is 5. The number of fused-ring (bicyclic) bond motifs is 1. The van der Waals surface area contributed by atoms with Crippen LogP contribution in [0.15, 0.2) is 66.7 Å². The standard InChI is InChI=1S/C26H25O4P/c1-16-11-20(29-3)14-23(25(16)27)31(24-15-21(30-4)12-17(2)26(24)28)22-10-9-18-7-5-6-8-19(18)13-22/h5-15,27-28H,1-4H3. The van der Waals surface area contributed by atoms with Crippen molar-refractivity contribution in [2.45, 2.75) is 13.8 Å². The van der Waals surface area contributed by atoms with Crippen LogP contribution < -0.4 is 25.4 Å². The number of aryl methyl sites for hydroxylation is 2. The van der Waals surface area contributed by atoms with E-state index in [0.717, 1.165) is 37.8 Å². The molecule has 0 amide bonds. The summed E-state index contributed by atoms with van der Waals surface area (Å²) < 4.78 is 11.0. The van der Waals surface area contributed by atoms with Gasteiger partial charge in [-0.3, -0.25) is 0 Å². The van der Waals surface area contributed by atoms with Crippen molar-refractivity contribution >= 4 is 34.6 Å². The third-order valence-corrected chi connectivity index (χ3v) is 7.89. The van der Waals surface area contributed by atoms with E-state index < -0.39 is 7.92 Å². The lowest BCUT2D eigenvalue weighted by molar-refractivity contribution is 0.412. The van der Waals surface area contributed by atoms with Gasteiger partial charge in [0.2, 0.25) is 0 Å². The predicted octanol–water partition coefficient (Wildman–Crippen LogP) is 4.64. The molecule has 0 fully saturated rings. The SMILES string of the molecule is COc1cc(C)c(O)c(P(c2ccc3ccccc3c2)c2cc(OC)cc(C)c2O)c1. The van der Waals surface area contributed by atoms with Crippen molar-refractivity contribution in [2.24, 2.45) is 0 Å². The molecule has 5 heteroatoms. The minimum atomic E-state index is -1.30. The fourth-order valence-corrected chi connectivity index (χ4v) is 6.35. The Hall–Kier alpha value is -3.23. The first-order valence-corrected chi connectivity index (χ1v) is 11.3. The normalized spacial score (nSPS) is 11.1. The molecule has 0 aromatic heterocycles. The molecule has 0 unspecified atom stereocenters. The third kappa shape index (κ3) is 3.92. The van der Waals surface area contributed by atoms with Crippen LogP contribution >= 0.6 is 7.92 Å². The number of ether oxygens (including phenoxy) is 2. The van der Waals surface area contributed by atoms with Crippen LogP contribution in [0.4, 0.5) is 0 Å². The van der Waals surface area contributed by atoms with Crippen molar-refractivity contribution in [1.29, 1.82) is 0 Å². The number of phenolic OH excluding ortho intramolecular Hbond substituents is 2. The van der Waals surface area contributed by atoms with Gasteiger partial charge in [0.25, 0.3) is 0 Å². The summed E-state index contributed by atoms with van der Waals surface area (Å²) in [5.41, 5.74) is 1.45. The van der Waals surface area contributed by atoms with Crippen LogP contribution in [0.1, 0.15) is 11.1 Å². The van der Waals surface area contributed by atoms with E-state index in [1.54, 1.807) is 14.2 Å². The molecule has 0 saturated carbocycles. The van der Waals surface area contributed by atoms with E-state index >= 15 is 0 Å². The first kappa shape index (κ1) is 21.0. The van der Waals surface area contributed by atoms with E-state index in [0.29, 0.717) is 11.5 Å². The van der Waals surface area contributed by atoms with Crippen LogP contribution in [0.3, 0.4) is 0 Å². The molecule has 4 aromatic rings. The van der Waals surface area contributed by atoms with Gasteiger partial charge in [0.1, 0.15) is 23.0 Å². The molecule has 158 valence electrons. The fourth-order valence-electron chi connectivity index (χ4n) is 3.76. The summed E-state index contributed by atoms with van der Waals surface area (Å²) in [6.45, 7) is 3.71. The second-order valence-corrected chi connectivity index (χ2v) is 9.64. The monoisotopic (exact) mass is 432 g/mol. The maximum Gasteiger partial charge on any atom is 0.127 e. The molecule has 0 atom stereocenters. The molecule has 4 aromatic carbocycles. The maximum atomic E-state index is 11.1. The van der Waals surface area contributed by atoms with Crippen LogP contribution in [0.2, 0.25) is 0 Å². The van der Waals surface area contributed by atoms with E-state index in [9.17, 15) is 10.2 Å². The first-order chi connectivity index (χ1) is 14.9. The van der Waals surface area contributed by atoms with Crippen LogP contribution in [-0.4, -0.2) is 24.4 Å². The summed E-state index contributed by atoms with van der Waals surface area (Å²) in [4.78, 5) is 0. The zero-order valence-electron chi connectivity index (χ0n) is 18.0. The zero-order chi connectivity index (χ0) is 22.1. The van der Waals surface area contributed by atoms with Crippen molar-refractivity contribution in [1.82, 2.24) is 0 Å². The number of aromatic hydroxyl groups is 2. The lowest BCUT2D eigenvalue weighted by Crippen LogP contribution is -2.22. The lowest BCUT2D eigenvalue weighted by atomic mass is 10.1. The Balaban J connectivity index is 2.05. The Morgan fingerprint density at radius 3 is 1.68 bits per heavy atom. The molecule has 4 nitrogen and oxygen atoms in total. The van der Waals surface area contributed by atoms with E-state index in [4.69, 9.17) is 9.47 Å². The lowest BCUT2D eigenvalue weighted by Gasteiger charge is -2.24. The quantitative estimate of drug-likeness (QED) is 0.451. The Labute approximate surface area is 183 Å². The van der Waals surface area contributed by atoms with Crippen LogP contribution in [-0.2, 0) is 0 Å². The van der Waals surface area contributed by atoms with Crippen molar-refractivity contribution in [3.8, 4) is 23.0 Å². The van der Waals surface area contributed by atoms with E-state index in [2.05, 4.69) is 30.3 Å². The average molecular weight is 432 g/mol.